The van der Waals surface area contributed by atoms with E-state index in [1.54, 1.807) is 13.8 Å². The highest BCUT2D eigenvalue weighted by Crippen LogP contribution is 2.40. The lowest BCUT2D eigenvalue weighted by molar-refractivity contribution is -0.130. The van der Waals surface area contributed by atoms with Crippen LogP contribution in [0.4, 0.5) is 0 Å². The lowest BCUT2D eigenvalue weighted by Gasteiger charge is -2.29. The Morgan fingerprint density at radius 1 is 1.21 bits per heavy atom. The number of halogens is 1. The van der Waals surface area contributed by atoms with Gasteiger partial charge >= 0.3 is 0 Å². The highest BCUT2D eigenvalue weighted by atomic mass is 35.5. The minimum Gasteiger partial charge on any atom is -0.506 e. The molecule has 1 aliphatic heterocycles. The predicted molar refractivity (Wildman–Crippen MR) is 89.8 cm³/mol. The normalized spacial score (nSPS) is 24.0. The number of allylic oxidation sites excluding steroid dienone is 1. The molecule has 0 bridgehead atoms. The number of benzene rings is 1. The average Bonchev–Trinajstić information content (AvgIpc) is 2.81. The number of rotatable bonds is 1. The number of carbonyl (C=O) groups excluding carboxylic acids is 2. The van der Waals surface area contributed by atoms with Gasteiger partial charge in [0.2, 0.25) is 0 Å². The molecule has 0 aromatic heterocycles. The van der Waals surface area contributed by atoms with Crippen LogP contribution < -0.4 is 0 Å². The molecule has 3 rings (SSSR count). The van der Waals surface area contributed by atoms with Crippen LogP contribution in [-0.4, -0.2) is 30.8 Å². The molecule has 0 saturated heterocycles. The molecule has 0 spiro atoms. The summed E-state index contributed by atoms with van der Waals surface area (Å²) >= 11 is 6.28. The molecule has 1 aliphatic carbocycles. The fourth-order valence-electron chi connectivity index (χ4n) is 3.16. The van der Waals surface area contributed by atoms with Gasteiger partial charge in [0, 0.05) is 17.4 Å². The molecular formula is C17H17ClO5S. The van der Waals surface area contributed by atoms with Crippen LogP contribution >= 0.6 is 11.6 Å². The third-order valence-electron chi connectivity index (χ3n) is 4.75. The molecule has 1 fully saturated rings. The summed E-state index contributed by atoms with van der Waals surface area (Å²) < 4.78 is 23.9. The van der Waals surface area contributed by atoms with Gasteiger partial charge in [-0.25, -0.2) is 8.42 Å². The number of carbonyl (C=O) groups is 2. The van der Waals surface area contributed by atoms with E-state index in [1.807, 2.05) is 0 Å². The van der Waals surface area contributed by atoms with E-state index in [9.17, 15) is 23.1 Å². The van der Waals surface area contributed by atoms with Crippen molar-refractivity contribution in [3.63, 3.8) is 0 Å². The number of hydrogen-bond donors (Lipinski definition) is 1. The van der Waals surface area contributed by atoms with Gasteiger partial charge in [0.1, 0.15) is 11.3 Å². The third-order valence-corrected chi connectivity index (χ3v) is 6.97. The van der Waals surface area contributed by atoms with Crippen LogP contribution in [0, 0.1) is 5.41 Å². The van der Waals surface area contributed by atoms with Crippen molar-refractivity contribution in [3.8, 4) is 0 Å². The Morgan fingerprint density at radius 3 is 2.54 bits per heavy atom. The van der Waals surface area contributed by atoms with Gasteiger partial charge in [0.15, 0.2) is 21.4 Å². The Morgan fingerprint density at radius 2 is 1.88 bits per heavy atom. The number of aliphatic hydroxyl groups is 1. The van der Waals surface area contributed by atoms with E-state index < -0.39 is 32.6 Å². The van der Waals surface area contributed by atoms with Crippen molar-refractivity contribution >= 4 is 38.8 Å². The zero-order valence-electron chi connectivity index (χ0n) is 13.3. The second kappa shape index (κ2) is 5.43. The predicted octanol–water partition coefficient (Wildman–Crippen LogP) is 2.90. The Balaban J connectivity index is 2.19. The number of hydrogen-bond acceptors (Lipinski definition) is 5. The summed E-state index contributed by atoms with van der Waals surface area (Å²) in [5.74, 6) is -1.33. The lowest BCUT2D eigenvalue weighted by Crippen LogP contribution is -2.35. The van der Waals surface area contributed by atoms with E-state index in [2.05, 4.69) is 0 Å². The van der Waals surface area contributed by atoms with Crippen molar-refractivity contribution in [2.24, 2.45) is 5.41 Å². The molecule has 128 valence electrons. The highest BCUT2D eigenvalue weighted by Gasteiger charge is 2.41. The van der Waals surface area contributed by atoms with E-state index in [4.69, 9.17) is 11.6 Å². The molecular weight excluding hydrogens is 352 g/mol. The van der Waals surface area contributed by atoms with Crippen molar-refractivity contribution in [2.75, 3.05) is 5.75 Å². The number of fused-ring (bicyclic) bond motifs is 1. The maximum absolute atomic E-state index is 12.5. The SMILES string of the molecule is CC1(C)CCC(=O)/C(=C(/O)c2ccc3c(c2Cl)CCS3(=O)=O)C1=O. The molecule has 1 aromatic carbocycles. The Bertz CT molecular complexity index is 909. The third kappa shape index (κ3) is 2.48. The van der Waals surface area contributed by atoms with Gasteiger partial charge < -0.3 is 5.11 Å². The first-order valence-electron chi connectivity index (χ1n) is 7.62. The maximum atomic E-state index is 12.5. The van der Waals surface area contributed by atoms with Crippen LogP contribution in [0.15, 0.2) is 22.6 Å². The molecule has 1 saturated carbocycles. The van der Waals surface area contributed by atoms with E-state index in [1.165, 1.54) is 12.1 Å². The first kappa shape index (κ1) is 17.2. The second-order valence-electron chi connectivity index (χ2n) is 6.83. The zero-order valence-corrected chi connectivity index (χ0v) is 14.9. The summed E-state index contributed by atoms with van der Waals surface area (Å²) in [6.07, 6.45) is 0.854. The van der Waals surface area contributed by atoms with Crippen molar-refractivity contribution in [2.45, 2.75) is 38.0 Å². The van der Waals surface area contributed by atoms with E-state index in [0.29, 0.717) is 12.0 Å². The second-order valence-corrected chi connectivity index (χ2v) is 9.29. The first-order valence-corrected chi connectivity index (χ1v) is 9.65. The molecule has 0 atom stereocenters. The van der Waals surface area contributed by atoms with Crippen molar-refractivity contribution in [1.82, 2.24) is 0 Å². The molecule has 24 heavy (non-hydrogen) atoms. The molecule has 1 heterocycles. The summed E-state index contributed by atoms with van der Waals surface area (Å²) in [6, 6.07) is 2.73. The van der Waals surface area contributed by atoms with Gasteiger partial charge in [-0.05, 0) is 30.5 Å². The fourth-order valence-corrected chi connectivity index (χ4v) is 5.11. The monoisotopic (exact) mass is 368 g/mol. The van der Waals surface area contributed by atoms with Crippen LogP contribution in [0.2, 0.25) is 5.02 Å². The minimum absolute atomic E-state index is 0.0340. The molecule has 5 nitrogen and oxygen atoms in total. The smallest absolute Gasteiger partial charge is 0.179 e. The van der Waals surface area contributed by atoms with Crippen LogP contribution in [0.25, 0.3) is 5.76 Å². The van der Waals surface area contributed by atoms with Gasteiger partial charge in [0.05, 0.1) is 15.7 Å². The standard InChI is InChI=1S/C17H17ClO5S/c1-17(2)7-5-11(19)13(16(17)21)15(20)10-3-4-12-9(14(10)18)6-8-24(12,22)23/h3-4,20H,5-8H2,1-2H3/b15-13-. The Hall–Kier alpha value is -1.66. The number of Topliss-reactive ketones (excluding diaryl/α,β-unsaturated/α-hetero) is 2. The Kier molecular flexibility index (Phi) is 3.88. The van der Waals surface area contributed by atoms with E-state index in [-0.39, 0.29) is 39.6 Å². The number of aliphatic hydroxyl groups excluding tert-OH is 1. The van der Waals surface area contributed by atoms with Crippen molar-refractivity contribution < 1.29 is 23.1 Å². The van der Waals surface area contributed by atoms with Crippen LogP contribution in [0.1, 0.15) is 37.8 Å². The largest absolute Gasteiger partial charge is 0.506 e. The van der Waals surface area contributed by atoms with E-state index in [0.717, 1.165) is 0 Å². The molecule has 1 aromatic rings. The molecule has 0 amide bonds. The van der Waals surface area contributed by atoms with Crippen molar-refractivity contribution in [3.05, 3.63) is 33.9 Å². The number of ketones is 2. The van der Waals surface area contributed by atoms with Gasteiger partial charge in [-0.3, -0.25) is 9.59 Å². The summed E-state index contributed by atoms with van der Waals surface area (Å²) in [4.78, 5) is 24.9. The maximum Gasteiger partial charge on any atom is 0.179 e. The average molecular weight is 369 g/mol. The van der Waals surface area contributed by atoms with Crippen LogP contribution in [-0.2, 0) is 25.8 Å². The summed E-state index contributed by atoms with van der Waals surface area (Å²) in [5.41, 5.74) is -0.420. The molecule has 1 N–H and O–H groups in total. The quantitative estimate of drug-likeness (QED) is 0.467. The lowest BCUT2D eigenvalue weighted by atomic mass is 9.72. The summed E-state index contributed by atoms with van der Waals surface area (Å²) in [6.45, 7) is 3.46. The molecule has 7 heteroatoms. The summed E-state index contributed by atoms with van der Waals surface area (Å²) in [7, 11) is -3.35. The minimum atomic E-state index is -3.35. The molecule has 0 radical (unpaired) electrons. The van der Waals surface area contributed by atoms with Gasteiger partial charge in [-0.15, -0.1) is 0 Å². The van der Waals surface area contributed by atoms with Gasteiger partial charge in [-0.1, -0.05) is 25.4 Å². The fraction of sp³-hybridized carbons (Fsp3) is 0.412. The van der Waals surface area contributed by atoms with Crippen LogP contribution in [0.5, 0.6) is 0 Å². The van der Waals surface area contributed by atoms with E-state index >= 15 is 0 Å². The van der Waals surface area contributed by atoms with Crippen LogP contribution in [0.3, 0.4) is 0 Å². The summed E-state index contributed by atoms with van der Waals surface area (Å²) in [5, 5.41) is 10.7. The van der Waals surface area contributed by atoms with Gasteiger partial charge in [-0.2, -0.15) is 0 Å². The Labute approximate surface area is 145 Å². The molecule has 0 unspecified atom stereocenters. The zero-order chi connectivity index (χ0) is 17.9. The van der Waals surface area contributed by atoms with Crippen molar-refractivity contribution in [1.29, 1.82) is 0 Å². The molecule has 2 aliphatic rings. The number of sulfone groups is 1. The first-order chi connectivity index (χ1) is 11.1. The topological polar surface area (TPSA) is 88.5 Å². The van der Waals surface area contributed by atoms with Gasteiger partial charge in [0.25, 0.3) is 0 Å². The highest BCUT2D eigenvalue weighted by molar-refractivity contribution is 7.91.